The van der Waals surface area contributed by atoms with Crippen molar-refractivity contribution in [2.24, 2.45) is 0 Å². The molecule has 2 aromatic heterocycles. The molecule has 3 heteroatoms. The van der Waals surface area contributed by atoms with E-state index in [2.05, 4.69) is 156 Å². The first-order valence-corrected chi connectivity index (χ1v) is 15.4. The van der Waals surface area contributed by atoms with Crippen molar-refractivity contribution in [1.82, 2.24) is 14.5 Å². The summed E-state index contributed by atoms with van der Waals surface area (Å²) in [6.45, 7) is 0. The summed E-state index contributed by atoms with van der Waals surface area (Å²) >= 11 is 0. The summed E-state index contributed by atoms with van der Waals surface area (Å²) in [5.74, 6) is 0.732. The van der Waals surface area contributed by atoms with Gasteiger partial charge < -0.3 is 4.57 Å². The largest absolute Gasteiger partial charge is 0.308 e. The molecule has 0 N–H and O–H groups in total. The number of rotatable bonds is 3. The second kappa shape index (κ2) is 9.22. The van der Waals surface area contributed by atoms with Gasteiger partial charge in [-0.15, -0.1) is 0 Å². The van der Waals surface area contributed by atoms with Gasteiger partial charge in [0.25, 0.3) is 0 Å². The number of aromatic nitrogens is 3. The Kier molecular flexibility index (Phi) is 5.00. The van der Waals surface area contributed by atoms with Crippen molar-refractivity contribution < 1.29 is 0 Å². The normalized spacial score (nSPS) is 12.0. The highest BCUT2D eigenvalue weighted by Crippen LogP contribution is 2.50. The minimum Gasteiger partial charge on any atom is -0.308 e. The zero-order chi connectivity index (χ0) is 29.5. The lowest BCUT2D eigenvalue weighted by Gasteiger charge is -2.17. The number of hydrogen-bond acceptors (Lipinski definition) is 2. The molecule has 0 spiro atoms. The Labute approximate surface area is 259 Å². The Morgan fingerprint density at radius 3 is 1.76 bits per heavy atom. The van der Waals surface area contributed by atoms with Gasteiger partial charge in [0.1, 0.15) is 0 Å². The minimum atomic E-state index is 0.732. The van der Waals surface area contributed by atoms with Crippen LogP contribution in [0.2, 0.25) is 0 Å². The van der Waals surface area contributed by atoms with E-state index in [0.717, 1.165) is 50.1 Å². The Hall–Kier alpha value is -6.06. The van der Waals surface area contributed by atoms with Crippen LogP contribution in [-0.4, -0.2) is 14.5 Å². The molecule has 0 saturated carbocycles. The SMILES string of the molecule is c1ccc(-c2nc(-c3c4ccccc4c4c5ccccc5c5cccc6c5c4c3n6-c3ccccc3)nc3ccccc23)cc1. The summed E-state index contributed by atoms with van der Waals surface area (Å²) in [5, 5.41) is 11.0. The lowest BCUT2D eigenvalue weighted by atomic mass is 9.88. The third kappa shape index (κ3) is 3.35. The lowest BCUT2D eigenvalue weighted by molar-refractivity contribution is 1.17. The summed E-state index contributed by atoms with van der Waals surface area (Å²) in [4.78, 5) is 10.8. The van der Waals surface area contributed by atoms with Crippen LogP contribution in [-0.2, 0) is 0 Å². The van der Waals surface area contributed by atoms with Gasteiger partial charge in [-0.25, -0.2) is 9.97 Å². The second-order valence-electron chi connectivity index (χ2n) is 11.7. The van der Waals surface area contributed by atoms with Crippen molar-refractivity contribution in [2.45, 2.75) is 0 Å². The van der Waals surface area contributed by atoms with Gasteiger partial charge in [-0.3, -0.25) is 0 Å². The number of para-hydroxylation sites is 2. The second-order valence-corrected chi connectivity index (χ2v) is 11.7. The first kappa shape index (κ1) is 24.4. The van der Waals surface area contributed by atoms with E-state index in [4.69, 9.17) is 9.97 Å². The fourth-order valence-electron chi connectivity index (χ4n) is 7.52. The molecule has 0 unspecified atom stereocenters. The monoisotopic (exact) mass is 571 g/mol. The maximum atomic E-state index is 5.44. The average molecular weight is 572 g/mol. The molecule has 0 aliphatic rings. The Bertz CT molecular complexity index is 2740. The molecule has 0 amide bonds. The van der Waals surface area contributed by atoms with E-state index in [1.165, 1.54) is 43.2 Å². The highest BCUT2D eigenvalue weighted by atomic mass is 15.0. The fourth-order valence-corrected chi connectivity index (χ4v) is 7.52. The van der Waals surface area contributed by atoms with E-state index in [9.17, 15) is 0 Å². The molecule has 0 fully saturated rings. The third-order valence-electron chi connectivity index (χ3n) is 9.32. The molecule has 0 aliphatic carbocycles. The molecule has 0 bridgehead atoms. The molecule has 0 atom stereocenters. The van der Waals surface area contributed by atoms with Crippen molar-refractivity contribution in [1.29, 1.82) is 0 Å². The summed E-state index contributed by atoms with van der Waals surface area (Å²) in [5.41, 5.74) is 7.45. The summed E-state index contributed by atoms with van der Waals surface area (Å²) in [6, 6.07) is 53.9. The van der Waals surface area contributed by atoms with Crippen LogP contribution in [0.5, 0.6) is 0 Å². The molecule has 10 rings (SSSR count). The molecule has 3 nitrogen and oxygen atoms in total. The Balaban J connectivity index is 1.50. The molecule has 2 heterocycles. The molecule has 0 aliphatic heterocycles. The maximum Gasteiger partial charge on any atom is 0.163 e. The average Bonchev–Trinajstić information content (AvgIpc) is 3.46. The minimum absolute atomic E-state index is 0.732. The topological polar surface area (TPSA) is 30.7 Å². The van der Waals surface area contributed by atoms with Crippen LogP contribution in [0, 0.1) is 0 Å². The van der Waals surface area contributed by atoms with Crippen LogP contribution in [0.15, 0.2) is 152 Å². The van der Waals surface area contributed by atoms with Gasteiger partial charge in [0.15, 0.2) is 5.82 Å². The van der Waals surface area contributed by atoms with Gasteiger partial charge in [0, 0.05) is 32.8 Å². The molecule has 8 aromatic carbocycles. The summed E-state index contributed by atoms with van der Waals surface area (Å²) in [6.07, 6.45) is 0. The van der Waals surface area contributed by atoms with Crippen molar-refractivity contribution in [3.05, 3.63) is 152 Å². The number of benzene rings is 8. The molecular weight excluding hydrogens is 546 g/mol. The first-order chi connectivity index (χ1) is 22.4. The van der Waals surface area contributed by atoms with Gasteiger partial charge in [0.05, 0.1) is 27.8 Å². The van der Waals surface area contributed by atoms with Crippen LogP contribution in [0.3, 0.4) is 0 Å². The van der Waals surface area contributed by atoms with Gasteiger partial charge in [-0.2, -0.15) is 0 Å². The van der Waals surface area contributed by atoms with E-state index in [1.54, 1.807) is 0 Å². The molecule has 0 radical (unpaired) electrons. The predicted molar refractivity (Wildman–Crippen MR) is 188 cm³/mol. The number of nitrogens with zero attached hydrogens (tertiary/aromatic N) is 3. The zero-order valence-electron chi connectivity index (χ0n) is 24.3. The van der Waals surface area contributed by atoms with E-state index < -0.39 is 0 Å². The van der Waals surface area contributed by atoms with Crippen molar-refractivity contribution >= 4 is 65.0 Å². The van der Waals surface area contributed by atoms with Gasteiger partial charge in [-0.05, 0) is 51.2 Å². The van der Waals surface area contributed by atoms with Crippen molar-refractivity contribution in [3.8, 4) is 28.3 Å². The lowest BCUT2D eigenvalue weighted by Crippen LogP contribution is -2.00. The van der Waals surface area contributed by atoms with E-state index >= 15 is 0 Å². The van der Waals surface area contributed by atoms with Crippen LogP contribution in [0.1, 0.15) is 0 Å². The third-order valence-corrected chi connectivity index (χ3v) is 9.32. The summed E-state index contributed by atoms with van der Waals surface area (Å²) < 4.78 is 2.44. The predicted octanol–water partition coefficient (Wildman–Crippen LogP) is 11.0. The van der Waals surface area contributed by atoms with E-state index in [0.29, 0.717) is 0 Å². The van der Waals surface area contributed by atoms with Crippen LogP contribution < -0.4 is 0 Å². The first-order valence-electron chi connectivity index (χ1n) is 15.4. The van der Waals surface area contributed by atoms with Gasteiger partial charge in [0.2, 0.25) is 0 Å². The van der Waals surface area contributed by atoms with Crippen LogP contribution >= 0.6 is 0 Å². The quantitative estimate of drug-likeness (QED) is 0.198. The smallest absolute Gasteiger partial charge is 0.163 e. The van der Waals surface area contributed by atoms with Gasteiger partial charge in [-0.1, -0.05) is 127 Å². The van der Waals surface area contributed by atoms with E-state index in [1.807, 2.05) is 0 Å². The van der Waals surface area contributed by atoms with E-state index in [-0.39, 0.29) is 0 Å². The zero-order valence-corrected chi connectivity index (χ0v) is 24.3. The van der Waals surface area contributed by atoms with Crippen LogP contribution in [0.4, 0.5) is 0 Å². The molecule has 10 aromatic rings. The Morgan fingerprint density at radius 2 is 0.978 bits per heavy atom. The highest BCUT2D eigenvalue weighted by molar-refractivity contribution is 6.41. The van der Waals surface area contributed by atoms with Crippen LogP contribution in [0.25, 0.3) is 93.4 Å². The summed E-state index contributed by atoms with van der Waals surface area (Å²) in [7, 11) is 0. The van der Waals surface area contributed by atoms with Gasteiger partial charge >= 0.3 is 0 Å². The standard InChI is InChI=1S/C42H25N3/c1-3-14-26(15-4-1)40-33-22-11-12-24-34(33)43-42(44-40)38-32-21-10-9-20-31(32)36-29-19-8-7-18-28(29)30-23-13-25-35-37(30)39(36)41(38)45(35)27-16-5-2-6-17-27/h1-25H. The Morgan fingerprint density at radius 1 is 0.400 bits per heavy atom. The maximum absolute atomic E-state index is 5.44. The van der Waals surface area contributed by atoms with Crippen molar-refractivity contribution in [2.75, 3.05) is 0 Å². The molecular formula is C42H25N3. The van der Waals surface area contributed by atoms with Crippen molar-refractivity contribution in [3.63, 3.8) is 0 Å². The highest BCUT2D eigenvalue weighted by Gasteiger charge is 2.27. The molecule has 0 saturated heterocycles. The fraction of sp³-hybridized carbons (Fsp3) is 0. The molecule has 45 heavy (non-hydrogen) atoms. The molecule has 208 valence electrons. The number of hydrogen-bond donors (Lipinski definition) is 0. The number of fused-ring (bicyclic) bond motifs is 6.